The molecule has 0 spiro atoms. The van der Waals surface area contributed by atoms with Crippen LogP contribution in [0.25, 0.3) is 0 Å². The van der Waals surface area contributed by atoms with E-state index in [9.17, 15) is 5.11 Å². The van der Waals surface area contributed by atoms with E-state index < -0.39 is 0 Å². The quantitative estimate of drug-likeness (QED) is 0.633. The third-order valence-corrected chi connectivity index (χ3v) is 3.11. The zero-order valence-corrected chi connectivity index (χ0v) is 6.92. The van der Waals surface area contributed by atoms with E-state index in [-0.39, 0.29) is 5.60 Å². The molecule has 2 aliphatic rings. The Hall–Kier alpha value is -0.0800. The Morgan fingerprint density at radius 3 is 1.91 bits per heavy atom. The van der Waals surface area contributed by atoms with Gasteiger partial charge in [0.15, 0.2) is 0 Å². The molecule has 11 heavy (non-hydrogen) atoms. The molecule has 0 bridgehead atoms. The SMILES string of the molecule is NCCC(O)(C1CC1)C1CC1. The highest BCUT2D eigenvalue weighted by molar-refractivity contribution is 5.03. The average molecular weight is 155 g/mol. The lowest BCUT2D eigenvalue weighted by atomic mass is 9.88. The maximum atomic E-state index is 10.2. The molecule has 2 saturated carbocycles. The van der Waals surface area contributed by atoms with Crippen LogP contribution in [-0.4, -0.2) is 17.3 Å². The number of rotatable bonds is 4. The molecule has 0 radical (unpaired) electrons. The molecule has 0 aliphatic heterocycles. The first-order valence-electron chi connectivity index (χ1n) is 4.70. The van der Waals surface area contributed by atoms with Gasteiger partial charge in [-0.3, -0.25) is 0 Å². The largest absolute Gasteiger partial charge is 0.389 e. The van der Waals surface area contributed by atoms with E-state index in [4.69, 9.17) is 5.73 Å². The Kier molecular flexibility index (Phi) is 1.69. The van der Waals surface area contributed by atoms with Crippen molar-refractivity contribution in [2.75, 3.05) is 6.54 Å². The van der Waals surface area contributed by atoms with Crippen molar-refractivity contribution >= 4 is 0 Å². The predicted molar refractivity (Wildman–Crippen MR) is 44.1 cm³/mol. The molecular formula is C9H17NO. The topological polar surface area (TPSA) is 46.2 Å². The van der Waals surface area contributed by atoms with Gasteiger partial charge in [0.05, 0.1) is 5.60 Å². The minimum absolute atomic E-state index is 0.352. The lowest BCUT2D eigenvalue weighted by molar-refractivity contribution is -0.0106. The van der Waals surface area contributed by atoms with Crippen LogP contribution in [0.5, 0.6) is 0 Å². The summed E-state index contributed by atoms with van der Waals surface area (Å²) in [6.45, 7) is 0.642. The molecule has 2 aliphatic carbocycles. The monoisotopic (exact) mass is 155 g/mol. The van der Waals surface area contributed by atoms with Gasteiger partial charge in [0.25, 0.3) is 0 Å². The van der Waals surface area contributed by atoms with Gasteiger partial charge in [0, 0.05) is 0 Å². The van der Waals surface area contributed by atoms with Gasteiger partial charge >= 0.3 is 0 Å². The maximum Gasteiger partial charge on any atom is 0.0715 e. The summed E-state index contributed by atoms with van der Waals surface area (Å²) in [5.74, 6) is 1.19. The van der Waals surface area contributed by atoms with Crippen molar-refractivity contribution in [2.24, 2.45) is 17.6 Å². The van der Waals surface area contributed by atoms with Crippen molar-refractivity contribution < 1.29 is 5.11 Å². The van der Waals surface area contributed by atoms with Crippen molar-refractivity contribution in [3.8, 4) is 0 Å². The molecule has 2 rings (SSSR count). The van der Waals surface area contributed by atoms with Crippen molar-refractivity contribution in [3.63, 3.8) is 0 Å². The van der Waals surface area contributed by atoms with Gasteiger partial charge in [-0.2, -0.15) is 0 Å². The van der Waals surface area contributed by atoms with Crippen LogP contribution >= 0.6 is 0 Å². The third kappa shape index (κ3) is 1.30. The maximum absolute atomic E-state index is 10.2. The fourth-order valence-electron chi connectivity index (χ4n) is 2.14. The van der Waals surface area contributed by atoms with Gasteiger partial charge in [0.2, 0.25) is 0 Å². The molecule has 0 amide bonds. The number of hydrogen-bond acceptors (Lipinski definition) is 2. The van der Waals surface area contributed by atoms with Crippen molar-refractivity contribution in [3.05, 3.63) is 0 Å². The van der Waals surface area contributed by atoms with E-state index in [0.29, 0.717) is 18.4 Å². The van der Waals surface area contributed by atoms with Gasteiger partial charge in [0.1, 0.15) is 0 Å². The molecule has 2 heteroatoms. The summed E-state index contributed by atoms with van der Waals surface area (Å²) in [6, 6.07) is 0. The van der Waals surface area contributed by atoms with Crippen LogP contribution in [0, 0.1) is 11.8 Å². The molecule has 0 saturated heterocycles. The lowest BCUT2D eigenvalue weighted by Crippen LogP contribution is -2.36. The molecular weight excluding hydrogens is 138 g/mol. The number of nitrogens with two attached hydrogens (primary N) is 1. The van der Waals surface area contributed by atoms with Gasteiger partial charge in [-0.05, 0) is 50.5 Å². The van der Waals surface area contributed by atoms with Crippen LogP contribution in [-0.2, 0) is 0 Å². The number of hydrogen-bond donors (Lipinski definition) is 2. The minimum atomic E-state index is -0.352. The summed E-state index contributed by atoms with van der Waals surface area (Å²) in [4.78, 5) is 0. The normalized spacial score (nSPS) is 25.6. The molecule has 64 valence electrons. The number of aliphatic hydroxyl groups is 1. The van der Waals surface area contributed by atoms with Crippen LogP contribution in [0.1, 0.15) is 32.1 Å². The Labute approximate surface area is 67.8 Å². The highest BCUT2D eigenvalue weighted by Crippen LogP contribution is 2.53. The van der Waals surface area contributed by atoms with E-state index in [0.717, 1.165) is 6.42 Å². The molecule has 0 aromatic heterocycles. The van der Waals surface area contributed by atoms with E-state index in [2.05, 4.69) is 0 Å². The molecule has 2 nitrogen and oxygen atoms in total. The molecule has 3 N–H and O–H groups in total. The van der Waals surface area contributed by atoms with Crippen LogP contribution < -0.4 is 5.73 Å². The summed E-state index contributed by atoms with van der Waals surface area (Å²) < 4.78 is 0. The van der Waals surface area contributed by atoms with Crippen molar-refractivity contribution in [1.29, 1.82) is 0 Å². The predicted octanol–water partition coefficient (Wildman–Crippen LogP) is 0.886. The van der Waals surface area contributed by atoms with E-state index in [1.165, 1.54) is 25.7 Å². The summed E-state index contributed by atoms with van der Waals surface area (Å²) in [5.41, 5.74) is 5.13. The van der Waals surface area contributed by atoms with Crippen LogP contribution in [0.15, 0.2) is 0 Å². The molecule has 0 heterocycles. The fourth-order valence-corrected chi connectivity index (χ4v) is 2.14. The molecule has 0 unspecified atom stereocenters. The second kappa shape index (κ2) is 2.46. The van der Waals surface area contributed by atoms with Gasteiger partial charge < -0.3 is 10.8 Å². The highest BCUT2D eigenvalue weighted by atomic mass is 16.3. The smallest absolute Gasteiger partial charge is 0.0715 e. The molecule has 0 aromatic carbocycles. The first kappa shape index (κ1) is 7.56. The second-order valence-electron chi connectivity index (χ2n) is 4.08. The standard InChI is InChI=1S/C9H17NO/c10-6-5-9(11,7-1-2-7)8-3-4-8/h7-8,11H,1-6,10H2. The summed E-state index contributed by atoms with van der Waals surface area (Å²) in [6.07, 6.45) is 5.74. The van der Waals surface area contributed by atoms with Crippen molar-refractivity contribution in [1.82, 2.24) is 0 Å². The Balaban J connectivity index is 1.98. The summed E-state index contributed by atoms with van der Waals surface area (Å²) in [5, 5.41) is 10.2. The first-order chi connectivity index (χ1) is 5.27. The average Bonchev–Trinajstić information content (AvgIpc) is 2.84. The van der Waals surface area contributed by atoms with E-state index in [1.54, 1.807) is 0 Å². The lowest BCUT2D eigenvalue weighted by Gasteiger charge is -2.27. The zero-order chi connectivity index (χ0) is 7.90. The first-order valence-corrected chi connectivity index (χ1v) is 4.70. The van der Waals surface area contributed by atoms with Crippen LogP contribution in [0.2, 0.25) is 0 Å². The second-order valence-corrected chi connectivity index (χ2v) is 4.08. The summed E-state index contributed by atoms with van der Waals surface area (Å²) in [7, 11) is 0. The van der Waals surface area contributed by atoms with E-state index in [1.807, 2.05) is 0 Å². The Bertz CT molecular complexity index is 138. The third-order valence-electron chi connectivity index (χ3n) is 3.11. The fraction of sp³-hybridized carbons (Fsp3) is 1.00. The van der Waals surface area contributed by atoms with E-state index >= 15 is 0 Å². The molecule has 2 fully saturated rings. The van der Waals surface area contributed by atoms with Gasteiger partial charge in [-0.15, -0.1) is 0 Å². The van der Waals surface area contributed by atoms with Gasteiger partial charge in [-0.25, -0.2) is 0 Å². The zero-order valence-electron chi connectivity index (χ0n) is 6.92. The summed E-state index contributed by atoms with van der Waals surface area (Å²) >= 11 is 0. The van der Waals surface area contributed by atoms with Crippen LogP contribution in [0.4, 0.5) is 0 Å². The minimum Gasteiger partial charge on any atom is -0.389 e. The molecule has 0 atom stereocenters. The highest BCUT2D eigenvalue weighted by Gasteiger charge is 2.52. The molecule has 0 aromatic rings. The Morgan fingerprint density at radius 2 is 1.64 bits per heavy atom. The van der Waals surface area contributed by atoms with Crippen LogP contribution in [0.3, 0.4) is 0 Å². The van der Waals surface area contributed by atoms with Gasteiger partial charge in [-0.1, -0.05) is 0 Å². The Morgan fingerprint density at radius 1 is 1.18 bits per heavy atom. The van der Waals surface area contributed by atoms with Crippen molar-refractivity contribution in [2.45, 2.75) is 37.7 Å².